The van der Waals surface area contributed by atoms with Crippen LogP contribution in [0.25, 0.3) is 0 Å². The molecule has 0 aliphatic heterocycles. The van der Waals surface area contributed by atoms with E-state index in [1.54, 1.807) is 24.3 Å². The van der Waals surface area contributed by atoms with Crippen molar-refractivity contribution in [2.24, 2.45) is 0 Å². The van der Waals surface area contributed by atoms with Crippen LogP contribution in [-0.2, 0) is 9.53 Å². The van der Waals surface area contributed by atoms with Gasteiger partial charge in [-0.15, -0.1) is 0 Å². The molecule has 4 heteroatoms. The van der Waals surface area contributed by atoms with Gasteiger partial charge in [-0.25, -0.2) is 0 Å². The van der Waals surface area contributed by atoms with E-state index in [-0.39, 0.29) is 18.6 Å². The Labute approximate surface area is 124 Å². The molecule has 0 bridgehead atoms. The molecule has 0 aromatic heterocycles. The van der Waals surface area contributed by atoms with Crippen molar-refractivity contribution in [1.82, 2.24) is 0 Å². The molecular formula is C17H16N2O2. The third kappa shape index (κ3) is 4.44. The molecule has 0 fully saturated rings. The van der Waals surface area contributed by atoms with Crippen LogP contribution >= 0.6 is 0 Å². The van der Waals surface area contributed by atoms with E-state index in [0.29, 0.717) is 11.3 Å². The number of carbonyl (C=O) groups excluding carboxylic acids is 1. The summed E-state index contributed by atoms with van der Waals surface area (Å²) in [5, 5.41) is 11.4. The lowest BCUT2D eigenvalue weighted by molar-refractivity contribution is -0.122. The van der Waals surface area contributed by atoms with Crippen molar-refractivity contribution in [3.63, 3.8) is 0 Å². The highest BCUT2D eigenvalue weighted by Gasteiger charge is 2.08. The molecule has 2 rings (SSSR count). The number of nitriles is 1. The van der Waals surface area contributed by atoms with Gasteiger partial charge in [-0.1, -0.05) is 30.3 Å². The van der Waals surface area contributed by atoms with E-state index in [1.165, 1.54) is 0 Å². The normalized spacial score (nSPS) is 11.4. The zero-order valence-corrected chi connectivity index (χ0v) is 11.7. The van der Waals surface area contributed by atoms with Crippen LogP contribution in [0.1, 0.15) is 24.2 Å². The molecule has 0 saturated heterocycles. The number of nitrogens with one attached hydrogen (secondary N) is 1. The van der Waals surface area contributed by atoms with Crippen LogP contribution in [-0.4, -0.2) is 12.5 Å². The minimum Gasteiger partial charge on any atom is -0.364 e. The molecule has 1 atom stereocenters. The average molecular weight is 280 g/mol. The van der Waals surface area contributed by atoms with Crippen molar-refractivity contribution in [2.45, 2.75) is 13.0 Å². The van der Waals surface area contributed by atoms with Crippen LogP contribution in [0.15, 0.2) is 54.6 Å². The monoisotopic (exact) mass is 280 g/mol. The number of amides is 1. The lowest BCUT2D eigenvalue weighted by atomic mass is 10.1. The Morgan fingerprint density at radius 1 is 1.19 bits per heavy atom. The standard InChI is InChI=1S/C17H16N2O2/c1-13(15-5-3-2-4-6-15)21-12-17(20)19-16-9-7-14(11-18)8-10-16/h2-10,13H,12H2,1H3,(H,19,20). The molecule has 0 aliphatic carbocycles. The van der Waals surface area contributed by atoms with E-state index in [2.05, 4.69) is 5.32 Å². The minimum atomic E-state index is -0.220. The summed E-state index contributed by atoms with van der Waals surface area (Å²) in [6.07, 6.45) is -0.141. The van der Waals surface area contributed by atoms with Gasteiger partial charge in [-0.2, -0.15) is 5.26 Å². The van der Waals surface area contributed by atoms with Crippen LogP contribution in [0.5, 0.6) is 0 Å². The second-order valence-electron chi connectivity index (χ2n) is 4.60. The Kier molecular flexibility index (Phi) is 5.08. The van der Waals surface area contributed by atoms with Crippen molar-refractivity contribution in [2.75, 3.05) is 11.9 Å². The van der Waals surface area contributed by atoms with Gasteiger partial charge >= 0.3 is 0 Å². The number of carbonyl (C=O) groups is 1. The number of ether oxygens (including phenoxy) is 1. The summed E-state index contributed by atoms with van der Waals surface area (Å²) in [5.41, 5.74) is 2.24. The molecule has 1 amide bonds. The van der Waals surface area contributed by atoms with Gasteiger partial charge in [0, 0.05) is 5.69 Å². The fourth-order valence-electron chi connectivity index (χ4n) is 1.85. The third-order valence-electron chi connectivity index (χ3n) is 3.03. The Bertz CT molecular complexity index is 630. The first-order chi connectivity index (χ1) is 10.2. The number of hydrogen-bond donors (Lipinski definition) is 1. The molecule has 0 aliphatic rings. The van der Waals surface area contributed by atoms with Crippen molar-refractivity contribution >= 4 is 11.6 Å². The Balaban J connectivity index is 1.83. The van der Waals surface area contributed by atoms with Crippen LogP contribution < -0.4 is 5.32 Å². The summed E-state index contributed by atoms with van der Waals surface area (Å²) < 4.78 is 5.54. The molecule has 2 aromatic carbocycles. The summed E-state index contributed by atoms with van der Waals surface area (Å²) in [7, 11) is 0. The second kappa shape index (κ2) is 7.22. The van der Waals surface area contributed by atoms with Gasteiger partial charge in [0.1, 0.15) is 6.61 Å². The molecule has 2 aromatic rings. The second-order valence-corrected chi connectivity index (χ2v) is 4.60. The van der Waals surface area contributed by atoms with Gasteiger partial charge in [0.15, 0.2) is 0 Å². The van der Waals surface area contributed by atoms with E-state index in [0.717, 1.165) is 5.56 Å². The fourth-order valence-corrected chi connectivity index (χ4v) is 1.85. The van der Waals surface area contributed by atoms with Crippen LogP contribution in [0.3, 0.4) is 0 Å². The predicted octanol–water partition coefficient (Wildman–Crippen LogP) is 3.27. The van der Waals surface area contributed by atoms with E-state index in [1.807, 2.05) is 43.3 Å². The van der Waals surface area contributed by atoms with Gasteiger partial charge in [-0.05, 0) is 36.8 Å². The molecule has 0 saturated carbocycles. The third-order valence-corrected chi connectivity index (χ3v) is 3.03. The minimum absolute atomic E-state index is 0.0178. The molecule has 0 radical (unpaired) electrons. The zero-order valence-electron chi connectivity index (χ0n) is 11.7. The highest BCUT2D eigenvalue weighted by atomic mass is 16.5. The summed E-state index contributed by atoms with van der Waals surface area (Å²) in [6, 6.07) is 18.5. The summed E-state index contributed by atoms with van der Waals surface area (Å²) >= 11 is 0. The highest BCUT2D eigenvalue weighted by Crippen LogP contribution is 2.16. The topological polar surface area (TPSA) is 62.1 Å². The molecule has 106 valence electrons. The SMILES string of the molecule is CC(OCC(=O)Nc1ccc(C#N)cc1)c1ccccc1. The maximum absolute atomic E-state index is 11.8. The van der Waals surface area contributed by atoms with Crippen molar-refractivity contribution in [1.29, 1.82) is 5.26 Å². The Morgan fingerprint density at radius 2 is 1.86 bits per heavy atom. The molecular weight excluding hydrogens is 264 g/mol. The lowest BCUT2D eigenvalue weighted by Gasteiger charge is -2.13. The Hall–Kier alpha value is -2.64. The summed E-state index contributed by atoms with van der Waals surface area (Å²) in [6.45, 7) is 1.89. The largest absolute Gasteiger partial charge is 0.364 e. The predicted molar refractivity (Wildman–Crippen MR) is 80.6 cm³/mol. The van der Waals surface area contributed by atoms with E-state index < -0.39 is 0 Å². The van der Waals surface area contributed by atoms with E-state index in [4.69, 9.17) is 10.00 Å². The quantitative estimate of drug-likeness (QED) is 0.914. The lowest BCUT2D eigenvalue weighted by Crippen LogP contribution is -2.19. The molecule has 21 heavy (non-hydrogen) atoms. The number of anilines is 1. The van der Waals surface area contributed by atoms with Crippen molar-refractivity contribution < 1.29 is 9.53 Å². The molecule has 4 nitrogen and oxygen atoms in total. The smallest absolute Gasteiger partial charge is 0.250 e. The number of benzene rings is 2. The first-order valence-corrected chi connectivity index (χ1v) is 6.65. The Morgan fingerprint density at radius 3 is 2.48 bits per heavy atom. The summed E-state index contributed by atoms with van der Waals surface area (Å²) in [5.74, 6) is -0.220. The maximum Gasteiger partial charge on any atom is 0.250 e. The van der Waals surface area contributed by atoms with Gasteiger partial charge in [-0.3, -0.25) is 4.79 Å². The molecule has 0 heterocycles. The molecule has 1 unspecified atom stereocenters. The van der Waals surface area contributed by atoms with Gasteiger partial charge in [0.05, 0.1) is 17.7 Å². The van der Waals surface area contributed by atoms with Crippen molar-refractivity contribution in [3.8, 4) is 6.07 Å². The average Bonchev–Trinajstić information content (AvgIpc) is 2.54. The number of hydrogen-bond acceptors (Lipinski definition) is 3. The van der Waals surface area contributed by atoms with E-state index in [9.17, 15) is 4.79 Å². The highest BCUT2D eigenvalue weighted by molar-refractivity contribution is 5.91. The first-order valence-electron chi connectivity index (χ1n) is 6.65. The summed E-state index contributed by atoms with van der Waals surface area (Å²) in [4.78, 5) is 11.8. The van der Waals surface area contributed by atoms with Crippen LogP contribution in [0, 0.1) is 11.3 Å². The van der Waals surface area contributed by atoms with Crippen molar-refractivity contribution in [3.05, 3.63) is 65.7 Å². The fraction of sp³-hybridized carbons (Fsp3) is 0.176. The first kappa shape index (κ1) is 14.8. The molecule has 1 N–H and O–H groups in total. The van der Waals surface area contributed by atoms with Crippen LogP contribution in [0.4, 0.5) is 5.69 Å². The number of nitrogens with zero attached hydrogens (tertiary/aromatic N) is 1. The molecule has 0 spiro atoms. The zero-order chi connectivity index (χ0) is 15.1. The van der Waals surface area contributed by atoms with Gasteiger partial charge in [0.2, 0.25) is 5.91 Å². The van der Waals surface area contributed by atoms with Gasteiger partial charge < -0.3 is 10.1 Å². The van der Waals surface area contributed by atoms with Gasteiger partial charge in [0.25, 0.3) is 0 Å². The number of rotatable bonds is 5. The van der Waals surface area contributed by atoms with E-state index >= 15 is 0 Å². The maximum atomic E-state index is 11.8. The van der Waals surface area contributed by atoms with Crippen LogP contribution in [0.2, 0.25) is 0 Å².